The van der Waals surface area contributed by atoms with E-state index in [1.54, 1.807) is 18.2 Å². The molecule has 6 heteroatoms. The zero-order valence-electron chi connectivity index (χ0n) is 13.5. The molecule has 2 aromatic carbocycles. The van der Waals surface area contributed by atoms with Gasteiger partial charge in [0.2, 0.25) is 5.91 Å². The highest BCUT2D eigenvalue weighted by molar-refractivity contribution is 5.96. The number of hydrogen-bond donors (Lipinski definition) is 1. The van der Waals surface area contributed by atoms with Gasteiger partial charge in [-0.05, 0) is 23.3 Å². The first-order chi connectivity index (χ1) is 11.7. The van der Waals surface area contributed by atoms with E-state index >= 15 is 0 Å². The van der Waals surface area contributed by atoms with Crippen LogP contribution in [0.3, 0.4) is 0 Å². The van der Waals surface area contributed by atoms with Gasteiger partial charge in [-0.25, -0.2) is 4.39 Å². The minimum Gasteiger partial charge on any atom is -0.323 e. The Bertz CT molecular complexity index is 753. The highest BCUT2D eigenvalue weighted by atomic mass is 19.4. The maximum Gasteiger partial charge on any atom is 0.392 e. The fourth-order valence-electron chi connectivity index (χ4n) is 2.47. The predicted octanol–water partition coefficient (Wildman–Crippen LogP) is 5.39. The minimum atomic E-state index is -4.58. The van der Waals surface area contributed by atoms with E-state index in [1.807, 2.05) is 0 Å². The van der Waals surface area contributed by atoms with E-state index in [9.17, 15) is 22.4 Å². The summed E-state index contributed by atoms with van der Waals surface area (Å²) >= 11 is 0. The van der Waals surface area contributed by atoms with E-state index < -0.39 is 29.7 Å². The van der Waals surface area contributed by atoms with E-state index in [-0.39, 0.29) is 11.3 Å². The third-order valence-electron chi connectivity index (χ3n) is 3.96. The number of carbonyl (C=O) groups is 1. The van der Waals surface area contributed by atoms with Crippen LogP contribution in [0.5, 0.6) is 0 Å². The molecule has 0 aliphatic carbocycles. The Balaban J connectivity index is 2.38. The zero-order valence-corrected chi connectivity index (χ0v) is 13.5. The Labute approximate surface area is 143 Å². The molecule has 0 radical (unpaired) electrons. The van der Waals surface area contributed by atoms with Crippen molar-refractivity contribution < 1.29 is 22.4 Å². The largest absolute Gasteiger partial charge is 0.392 e. The van der Waals surface area contributed by atoms with Crippen molar-refractivity contribution in [3.8, 4) is 0 Å². The molecule has 2 nitrogen and oxygen atoms in total. The van der Waals surface area contributed by atoms with Gasteiger partial charge < -0.3 is 5.32 Å². The molecule has 0 saturated carbocycles. The summed E-state index contributed by atoms with van der Waals surface area (Å²) < 4.78 is 53.4. The number of hydrogen-bond acceptors (Lipinski definition) is 1. The van der Waals surface area contributed by atoms with Gasteiger partial charge in [-0.1, -0.05) is 56.0 Å². The van der Waals surface area contributed by atoms with E-state index in [1.165, 1.54) is 30.3 Å². The number of carbonyl (C=O) groups excluding carboxylic acids is 1. The summed E-state index contributed by atoms with van der Waals surface area (Å²) in [7, 11) is 0. The second-order valence-electron chi connectivity index (χ2n) is 5.65. The molecule has 0 saturated heterocycles. The van der Waals surface area contributed by atoms with Crippen LogP contribution in [0.4, 0.5) is 23.2 Å². The van der Waals surface area contributed by atoms with Crippen molar-refractivity contribution in [2.75, 3.05) is 5.32 Å². The van der Waals surface area contributed by atoms with Crippen LogP contribution in [0.25, 0.3) is 6.08 Å². The molecular formula is C19H17F4NO. The second kappa shape index (κ2) is 7.51. The van der Waals surface area contributed by atoms with Crippen molar-refractivity contribution in [3.63, 3.8) is 0 Å². The maximum absolute atomic E-state index is 13.7. The van der Waals surface area contributed by atoms with Gasteiger partial charge in [-0.15, -0.1) is 0 Å². The smallest absolute Gasteiger partial charge is 0.323 e. The van der Waals surface area contributed by atoms with Crippen molar-refractivity contribution in [1.29, 1.82) is 0 Å². The van der Waals surface area contributed by atoms with Gasteiger partial charge >= 0.3 is 6.18 Å². The summed E-state index contributed by atoms with van der Waals surface area (Å²) in [6, 6.07) is 11.4. The van der Waals surface area contributed by atoms with Crippen LogP contribution in [0.15, 0.2) is 55.1 Å². The molecule has 0 spiro atoms. The van der Waals surface area contributed by atoms with Crippen LogP contribution in [0.1, 0.15) is 24.0 Å². The fourth-order valence-corrected chi connectivity index (χ4v) is 2.47. The number of halogens is 4. The molecule has 1 amide bonds. The first kappa shape index (κ1) is 18.7. The highest BCUT2D eigenvalue weighted by Gasteiger charge is 2.45. The van der Waals surface area contributed by atoms with E-state index in [0.29, 0.717) is 0 Å². The molecule has 0 aliphatic rings. The minimum absolute atomic E-state index is 0.158. The van der Waals surface area contributed by atoms with Crippen molar-refractivity contribution in [3.05, 3.63) is 72.1 Å². The van der Waals surface area contributed by atoms with E-state index in [4.69, 9.17) is 0 Å². The average molecular weight is 351 g/mol. The van der Waals surface area contributed by atoms with Crippen LogP contribution in [-0.4, -0.2) is 12.1 Å². The molecule has 0 heterocycles. The SMILES string of the molecule is C=Cc1ccc([C@@H](C(=O)Nc2ccccc2F)[C@@H](C)C(F)(F)F)cc1. The maximum atomic E-state index is 13.7. The monoisotopic (exact) mass is 351 g/mol. The van der Waals surface area contributed by atoms with Crippen molar-refractivity contribution >= 4 is 17.7 Å². The van der Waals surface area contributed by atoms with Crippen LogP contribution in [-0.2, 0) is 4.79 Å². The van der Waals surface area contributed by atoms with Gasteiger partial charge in [0.1, 0.15) is 5.82 Å². The van der Waals surface area contributed by atoms with Crippen LogP contribution in [0, 0.1) is 11.7 Å². The normalized spacial score (nSPS) is 13.8. The lowest BCUT2D eigenvalue weighted by Crippen LogP contribution is -2.34. The number of rotatable bonds is 5. The summed E-state index contributed by atoms with van der Waals surface area (Å²) in [4.78, 5) is 12.5. The van der Waals surface area contributed by atoms with Crippen molar-refractivity contribution in [2.45, 2.75) is 19.0 Å². The Morgan fingerprint density at radius 2 is 1.72 bits per heavy atom. The summed E-state index contributed by atoms with van der Waals surface area (Å²) in [5, 5.41) is 2.26. The Morgan fingerprint density at radius 3 is 2.24 bits per heavy atom. The lowest BCUT2D eigenvalue weighted by molar-refractivity contribution is -0.178. The third-order valence-corrected chi connectivity index (χ3v) is 3.96. The number of benzene rings is 2. The molecule has 132 valence electrons. The highest BCUT2D eigenvalue weighted by Crippen LogP contribution is 2.38. The summed E-state index contributed by atoms with van der Waals surface area (Å²) in [5.74, 6) is -5.06. The molecule has 0 aromatic heterocycles. The summed E-state index contributed by atoms with van der Waals surface area (Å²) in [6.45, 7) is 4.52. The molecular weight excluding hydrogens is 334 g/mol. The summed E-state index contributed by atoms with van der Waals surface area (Å²) in [5.41, 5.74) is 0.760. The fraction of sp³-hybridized carbons (Fsp3) is 0.211. The molecule has 2 aromatic rings. The van der Waals surface area contributed by atoms with Crippen LogP contribution < -0.4 is 5.32 Å². The number of amides is 1. The number of anilines is 1. The third kappa shape index (κ3) is 4.47. The average Bonchev–Trinajstić information content (AvgIpc) is 2.57. The molecule has 0 fully saturated rings. The number of alkyl halides is 3. The topological polar surface area (TPSA) is 29.1 Å². The predicted molar refractivity (Wildman–Crippen MR) is 89.5 cm³/mol. The molecule has 1 N–H and O–H groups in total. The first-order valence-corrected chi connectivity index (χ1v) is 7.58. The molecule has 0 aliphatic heterocycles. The number of nitrogens with one attached hydrogen (secondary N) is 1. The Hall–Kier alpha value is -2.63. The van der Waals surface area contributed by atoms with Gasteiger partial charge in [0.05, 0.1) is 17.5 Å². The quantitative estimate of drug-likeness (QED) is 0.719. The van der Waals surface area contributed by atoms with E-state index in [0.717, 1.165) is 18.6 Å². The first-order valence-electron chi connectivity index (χ1n) is 7.58. The Morgan fingerprint density at radius 1 is 1.12 bits per heavy atom. The number of para-hydroxylation sites is 1. The standard InChI is InChI=1S/C19H17F4NO/c1-3-13-8-10-14(11-9-13)17(12(2)19(21,22)23)18(25)24-16-7-5-4-6-15(16)20/h3-12,17H,1H2,2H3,(H,24,25)/t12-,17+/m1/s1. The Kier molecular flexibility index (Phi) is 5.62. The zero-order chi connectivity index (χ0) is 18.6. The molecule has 0 bridgehead atoms. The van der Waals surface area contributed by atoms with Gasteiger partial charge in [-0.3, -0.25) is 4.79 Å². The van der Waals surface area contributed by atoms with Crippen LogP contribution in [0.2, 0.25) is 0 Å². The summed E-state index contributed by atoms with van der Waals surface area (Å²) in [6.07, 6.45) is -3.03. The molecule has 2 atom stereocenters. The van der Waals surface area contributed by atoms with E-state index in [2.05, 4.69) is 11.9 Å². The van der Waals surface area contributed by atoms with Crippen molar-refractivity contribution in [1.82, 2.24) is 0 Å². The lowest BCUT2D eigenvalue weighted by atomic mass is 9.85. The molecule has 25 heavy (non-hydrogen) atoms. The lowest BCUT2D eigenvalue weighted by Gasteiger charge is -2.26. The van der Waals surface area contributed by atoms with Gasteiger partial charge in [0.15, 0.2) is 0 Å². The van der Waals surface area contributed by atoms with Gasteiger partial charge in [0.25, 0.3) is 0 Å². The van der Waals surface area contributed by atoms with Crippen LogP contribution >= 0.6 is 0 Å². The van der Waals surface area contributed by atoms with Gasteiger partial charge in [0, 0.05) is 0 Å². The molecule has 2 rings (SSSR count). The van der Waals surface area contributed by atoms with Crippen molar-refractivity contribution in [2.24, 2.45) is 5.92 Å². The van der Waals surface area contributed by atoms with Gasteiger partial charge in [-0.2, -0.15) is 13.2 Å². The second-order valence-corrected chi connectivity index (χ2v) is 5.65. The molecule has 0 unspecified atom stereocenters.